The lowest BCUT2D eigenvalue weighted by molar-refractivity contribution is -0.00621. The van der Waals surface area contributed by atoms with Crippen molar-refractivity contribution >= 4 is 0 Å². The fraction of sp³-hybridized carbons (Fsp3) is 0.929. The van der Waals surface area contributed by atoms with Gasteiger partial charge >= 0.3 is 0 Å². The monoisotopic (exact) mass is 384 g/mol. The third-order valence-corrected chi connectivity index (χ3v) is 10.5. The van der Waals surface area contributed by atoms with Crippen molar-refractivity contribution in [1.29, 1.82) is 0 Å². The van der Waals surface area contributed by atoms with Crippen LogP contribution in [0.15, 0.2) is 11.1 Å². The summed E-state index contributed by atoms with van der Waals surface area (Å²) in [6.07, 6.45) is 17.7. The van der Waals surface area contributed by atoms with Crippen LogP contribution in [0.1, 0.15) is 119 Å². The van der Waals surface area contributed by atoms with Crippen LogP contribution >= 0.6 is 0 Å². The highest BCUT2D eigenvalue weighted by Crippen LogP contribution is 2.66. The zero-order valence-corrected chi connectivity index (χ0v) is 19.9. The Morgan fingerprint density at radius 1 is 0.929 bits per heavy atom. The molecule has 0 aromatic heterocycles. The summed E-state index contributed by atoms with van der Waals surface area (Å²) in [6.45, 7) is 15.3. The molecule has 0 aromatic carbocycles. The highest BCUT2D eigenvalue weighted by Gasteiger charge is 2.55. The van der Waals surface area contributed by atoms with E-state index in [1.54, 1.807) is 0 Å². The van der Waals surface area contributed by atoms with Crippen molar-refractivity contribution in [3.63, 3.8) is 0 Å². The Bertz CT molecular complexity index is 597. The molecule has 0 aromatic rings. The molecule has 0 bridgehead atoms. The van der Waals surface area contributed by atoms with Gasteiger partial charge in [0.1, 0.15) is 0 Å². The number of fused-ring (bicyclic) bond motifs is 4. The maximum Gasteiger partial charge on any atom is -0.00825 e. The summed E-state index contributed by atoms with van der Waals surface area (Å²) in [5.41, 5.74) is 5.17. The van der Waals surface area contributed by atoms with Gasteiger partial charge in [0.2, 0.25) is 0 Å². The van der Waals surface area contributed by atoms with Crippen LogP contribution in [0.2, 0.25) is 0 Å². The van der Waals surface area contributed by atoms with Crippen LogP contribution in [0.4, 0.5) is 0 Å². The lowest BCUT2D eigenvalue weighted by Crippen LogP contribution is -2.47. The van der Waals surface area contributed by atoms with Crippen LogP contribution in [0.5, 0.6) is 0 Å². The fourth-order valence-corrected chi connectivity index (χ4v) is 8.71. The van der Waals surface area contributed by atoms with Gasteiger partial charge in [-0.05, 0) is 97.7 Å². The first kappa shape index (κ1) is 21.0. The Labute approximate surface area is 176 Å². The van der Waals surface area contributed by atoms with E-state index in [1.807, 2.05) is 11.1 Å². The minimum absolute atomic E-state index is 0.550. The van der Waals surface area contributed by atoms with Crippen LogP contribution in [0.25, 0.3) is 0 Å². The molecule has 4 aliphatic rings. The molecular weight excluding hydrogens is 336 g/mol. The smallest absolute Gasteiger partial charge is 0.00825 e. The summed E-state index contributed by atoms with van der Waals surface area (Å²) in [5.74, 6) is 5.68. The van der Waals surface area contributed by atoms with E-state index in [2.05, 4.69) is 41.5 Å². The molecule has 0 aliphatic heterocycles. The molecule has 4 aliphatic carbocycles. The molecule has 0 spiro atoms. The summed E-state index contributed by atoms with van der Waals surface area (Å²) in [7, 11) is 0. The lowest BCUT2D eigenvalue weighted by Gasteiger charge is -2.57. The second kappa shape index (κ2) is 7.77. The SMILES string of the molecule is CC(C)CCC[C@@H](C)[C@H]1CCC2=C3CCC4C[C@@H](C)CC[C@]4(C)C3CCC21C. The van der Waals surface area contributed by atoms with Crippen molar-refractivity contribution in [2.75, 3.05) is 0 Å². The normalized spacial score (nSPS) is 44.2. The van der Waals surface area contributed by atoms with E-state index < -0.39 is 0 Å². The second-order valence-corrected chi connectivity index (χ2v) is 12.6. The second-order valence-electron chi connectivity index (χ2n) is 12.6. The highest BCUT2D eigenvalue weighted by molar-refractivity contribution is 5.34. The van der Waals surface area contributed by atoms with E-state index in [1.165, 1.54) is 77.0 Å². The number of allylic oxidation sites excluding steroid dienone is 2. The molecule has 28 heavy (non-hydrogen) atoms. The van der Waals surface area contributed by atoms with Gasteiger partial charge in [-0.1, -0.05) is 78.4 Å². The Balaban J connectivity index is 1.53. The topological polar surface area (TPSA) is 0 Å². The van der Waals surface area contributed by atoms with Crippen LogP contribution in [-0.4, -0.2) is 0 Å². The average Bonchev–Trinajstić information content (AvgIpc) is 2.99. The molecular formula is C28H48. The van der Waals surface area contributed by atoms with E-state index in [-0.39, 0.29) is 0 Å². The minimum atomic E-state index is 0.550. The zero-order valence-electron chi connectivity index (χ0n) is 19.9. The Hall–Kier alpha value is -0.260. The minimum Gasteiger partial charge on any atom is -0.0668 e. The third-order valence-electron chi connectivity index (χ3n) is 10.5. The van der Waals surface area contributed by atoms with Gasteiger partial charge in [0, 0.05) is 0 Å². The molecule has 4 rings (SSSR count). The highest BCUT2D eigenvalue weighted by atomic mass is 14.6. The molecule has 0 amide bonds. The average molecular weight is 385 g/mol. The van der Waals surface area contributed by atoms with Crippen molar-refractivity contribution in [3.05, 3.63) is 11.1 Å². The molecule has 0 N–H and O–H groups in total. The predicted octanol–water partition coefficient (Wildman–Crippen LogP) is 8.81. The number of rotatable bonds is 5. The zero-order chi connectivity index (χ0) is 20.1. The largest absolute Gasteiger partial charge is 0.0668 e. The molecule has 3 fully saturated rings. The van der Waals surface area contributed by atoms with Crippen molar-refractivity contribution in [2.45, 2.75) is 119 Å². The van der Waals surface area contributed by atoms with E-state index in [0.29, 0.717) is 10.8 Å². The van der Waals surface area contributed by atoms with Gasteiger partial charge < -0.3 is 0 Å². The van der Waals surface area contributed by atoms with Gasteiger partial charge in [-0.2, -0.15) is 0 Å². The first-order chi connectivity index (χ1) is 13.3. The van der Waals surface area contributed by atoms with Gasteiger partial charge in [-0.3, -0.25) is 0 Å². The van der Waals surface area contributed by atoms with Crippen molar-refractivity contribution < 1.29 is 0 Å². The summed E-state index contributed by atoms with van der Waals surface area (Å²) in [5, 5.41) is 0. The number of hydrogen-bond acceptors (Lipinski definition) is 0. The van der Waals surface area contributed by atoms with E-state index >= 15 is 0 Å². The van der Waals surface area contributed by atoms with E-state index in [4.69, 9.17) is 0 Å². The van der Waals surface area contributed by atoms with E-state index in [9.17, 15) is 0 Å². The van der Waals surface area contributed by atoms with Gasteiger partial charge in [-0.15, -0.1) is 0 Å². The maximum atomic E-state index is 2.71. The molecule has 0 radical (unpaired) electrons. The van der Waals surface area contributed by atoms with Crippen molar-refractivity contribution in [3.8, 4) is 0 Å². The maximum absolute atomic E-state index is 2.71. The summed E-state index contributed by atoms with van der Waals surface area (Å²) < 4.78 is 0. The van der Waals surface area contributed by atoms with Crippen LogP contribution in [0, 0.1) is 46.3 Å². The predicted molar refractivity (Wildman–Crippen MR) is 122 cm³/mol. The Morgan fingerprint density at radius 3 is 2.46 bits per heavy atom. The van der Waals surface area contributed by atoms with Gasteiger partial charge in [0.05, 0.1) is 0 Å². The van der Waals surface area contributed by atoms with Gasteiger partial charge in [0.25, 0.3) is 0 Å². The van der Waals surface area contributed by atoms with Crippen LogP contribution in [-0.2, 0) is 0 Å². The molecule has 0 saturated heterocycles. The lowest BCUT2D eigenvalue weighted by atomic mass is 9.48. The van der Waals surface area contributed by atoms with Gasteiger partial charge in [-0.25, -0.2) is 0 Å². The first-order valence-corrected chi connectivity index (χ1v) is 13.0. The molecule has 3 saturated carbocycles. The summed E-state index contributed by atoms with van der Waals surface area (Å²) in [6, 6.07) is 0. The fourth-order valence-electron chi connectivity index (χ4n) is 8.71. The number of hydrogen-bond donors (Lipinski definition) is 0. The molecule has 0 nitrogen and oxygen atoms in total. The third kappa shape index (κ3) is 3.43. The first-order valence-electron chi connectivity index (χ1n) is 13.0. The quantitative estimate of drug-likeness (QED) is 0.415. The molecule has 7 atom stereocenters. The molecule has 0 heterocycles. The van der Waals surface area contributed by atoms with Crippen LogP contribution < -0.4 is 0 Å². The van der Waals surface area contributed by atoms with Crippen LogP contribution in [0.3, 0.4) is 0 Å². The Kier molecular flexibility index (Phi) is 5.83. The molecule has 0 heteroatoms. The summed E-state index contributed by atoms with van der Waals surface area (Å²) in [4.78, 5) is 0. The standard InChI is InChI=1S/C28H48/c1-19(2)8-7-9-21(4)24-12-13-25-23-11-10-22-18-20(3)14-16-27(22,5)26(23)15-17-28(24,25)6/h19-22,24,26H,7-18H2,1-6H3/t20-,21+,22?,24+,26?,27-,28?/m0/s1. The molecule has 160 valence electrons. The summed E-state index contributed by atoms with van der Waals surface area (Å²) >= 11 is 0. The van der Waals surface area contributed by atoms with E-state index in [0.717, 1.165) is 35.5 Å². The van der Waals surface area contributed by atoms with Crippen molar-refractivity contribution in [2.24, 2.45) is 46.3 Å². The van der Waals surface area contributed by atoms with Gasteiger partial charge in [0.15, 0.2) is 0 Å². The molecule has 3 unspecified atom stereocenters. The van der Waals surface area contributed by atoms with Crippen molar-refractivity contribution in [1.82, 2.24) is 0 Å². The Morgan fingerprint density at radius 2 is 1.71 bits per heavy atom.